The van der Waals surface area contributed by atoms with Gasteiger partial charge in [0.25, 0.3) is 7.98 Å². The Hall–Kier alpha value is -1.33. The highest BCUT2D eigenvalue weighted by molar-refractivity contribution is 6.04. The van der Waals surface area contributed by atoms with Crippen LogP contribution in [0.4, 0.5) is 0 Å². The molecule has 0 bridgehead atoms. The number of ether oxygens (including phenoxy) is 1. The molecule has 0 aliphatic heterocycles. The molecule has 1 N–H and O–H groups in total. The number of nitrogens with one attached hydrogen (secondary N) is 1. The highest BCUT2D eigenvalue weighted by atomic mass is 16.5. The monoisotopic (exact) mass is 197 g/mol. The van der Waals surface area contributed by atoms with E-state index in [-0.39, 0.29) is 5.97 Å². The van der Waals surface area contributed by atoms with E-state index in [0.717, 1.165) is 5.57 Å². The summed E-state index contributed by atoms with van der Waals surface area (Å²) in [4.78, 5) is 11.4. The molecule has 5 nitrogen and oxygen atoms in total. The molecule has 1 atom stereocenters. The first-order valence-electron chi connectivity index (χ1n) is 4.47. The Morgan fingerprint density at radius 3 is 2.79 bits per heavy atom. The minimum Gasteiger partial charge on any atom is -0.464 e. The number of esters is 1. The molecule has 0 rings (SSSR count). The molecule has 0 saturated carbocycles. The van der Waals surface area contributed by atoms with Crippen LogP contribution in [-0.2, 0) is 9.53 Å². The van der Waals surface area contributed by atoms with E-state index in [1.165, 1.54) is 7.98 Å². The number of hydrogen-bond donors (Lipinski definition) is 1. The van der Waals surface area contributed by atoms with Crippen LogP contribution in [0.5, 0.6) is 0 Å². The van der Waals surface area contributed by atoms with Gasteiger partial charge in [0, 0.05) is 6.42 Å². The van der Waals surface area contributed by atoms with Crippen LogP contribution in [-0.4, -0.2) is 26.6 Å². The quantitative estimate of drug-likeness (QED) is 0.220. The van der Waals surface area contributed by atoms with E-state index in [2.05, 4.69) is 22.3 Å². The molecule has 0 fully saturated rings. The molecule has 0 aromatic carbocycles. The first kappa shape index (κ1) is 12.7. The molecular weight excluding hydrogens is 181 g/mol. The maximum atomic E-state index is 11.4. The van der Waals surface area contributed by atoms with Crippen LogP contribution in [0.3, 0.4) is 0 Å². The second-order valence-corrected chi connectivity index (χ2v) is 2.89. The third-order valence-corrected chi connectivity index (χ3v) is 1.44. The summed E-state index contributed by atoms with van der Waals surface area (Å²) < 4.78 is 4.86. The molecule has 0 aliphatic rings. The fraction of sp³-hybridized carbons (Fsp3) is 0.625. The van der Waals surface area contributed by atoms with Crippen molar-refractivity contribution in [2.45, 2.75) is 26.3 Å². The normalized spacial score (nSPS) is 12.4. The van der Waals surface area contributed by atoms with E-state index in [0.29, 0.717) is 13.0 Å². The van der Waals surface area contributed by atoms with Gasteiger partial charge in [-0.25, -0.2) is 9.82 Å². The lowest BCUT2D eigenvalue weighted by Gasteiger charge is -2.13. The Morgan fingerprint density at radius 1 is 1.71 bits per heavy atom. The van der Waals surface area contributed by atoms with Crippen LogP contribution in [0.2, 0.25) is 0 Å². The van der Waals surface area contributed by atoms with Gasteiger partial charge in [-0.15, -0.1) is 6.58 Å². The topological polar surface area (TPSA) is 63.0 Å². The highest BCUT2D eigenvalue weighted by Gasteiger charge is 2.18. The fourth-order valence-corrected chi connectivity index (χ4v) is 0.900. The first-order valence-corrected chi connectivity index (χ1v) is 4.47. The molecule has 0 saturated heterocycles. The summed E-state index contributed by atoms with van der Waals surface area (Å²) in [5.41, 5.74) is 3.50. The molecule has 0 radical (unpaired) electrons. The predicted molar refractivity (Wildman–Crippen MR) is 56.4 cm³/mol. The van der Waals surface area contributed by atoms with Gasteiger partial charge in [0.2, 0.25) is 0 Å². The lowest BCUT2D eigenvalue weighted by Crippen LogP contribution is -2.35. The van der Waals surface area contributed by atoms with Crippen LogP contribution < -0.4 is 5.43 Å². The van der Waals surface area contributed by atoms with Crippen molar-refractivity contribution in [1.82, 2.24) is 5.43 Å². The molecule has 6 heteroatoms. The van der Waals surface area contributed by atoms with Crippen molar-refractivity contribution in [3.05, 3.63) is 12.2 Å². The molecule has 0 heterocycles. The van der Waals surface area contributed by atoms with E-state index < -0.39 is 6.04 Å². The number of carbonyl (C=O) groups is 1. The Kier molecular flexibility index (Phi) is 6.44. The summed E-state index contributed by atoms with van der Waals surface area (Å²) in [7, 11) is 1.52. The largest absolute Gasteiger partial charge is 0.464 e. The second-order valence-electron chi connectivity index (χ2n) is 2.89. The average Bonchev–Trinajstić information content (AvgIpc) is 2.12. The molecule has 0 aromatic heterocycles. The zero-order valence-corrected chi connectivity index (χ0v) is 8.91. The summed E-state index contributed by atoms with van der Waals surface area (Å²) in [5.74, 6) is -0.331. The lowest BCUT2D eigenvalue weighted by molar-refractivity contribution is -0.145. The number of nitrogens with zero attached hydrogens (tertiary/aromatic N) is 2. The second kappa shape index (κ2) is 7.11. The first-order chi connectivity index (χ1) is 6.61. The Labute approximate surface area is 85.0 Å². The van der Waals surface area contributed by atoms with Crippen LogP contribution in [0.1, 0.15) is 20.3 Å². The minimum absolute atomic E-state index is 0.331. The molecule has 0 aliphatic carbocycles. The SMILES string of the molecule is BN=NN[C@H](CC(=C)C)C(=O)OCC. The highest BCUT2D eigenvalue weighted by Crippen LogP contribution is 2.04. The van der Waals surface area contributed by atoms with E-state index >= 15 is 0 Å². The van der Waals surface area contributed by atoms with Crippen molar-refractivity contribution in [3.8, 4) is 0 Å². The van der Waals surface area contributed by atoms with Gasteiger partial charge in [0.15, 0.2) is 0 Å². The van der Waals surface area contributed by atoms with Gasteiger partial charge in [0.05, 0.1) is 6.61 Å². The van der Waals surface area contributed by atoms with Gasteiger partial charge in [-0.1, -0.05) is 10.8 Å². The molecule has 14 heavy (non-hydrogen) atoms. The van der Waals surface area contributed by atoms with Gasteiger partial charge in [-0.3, -0.25) is 5.43 Å². The van der Waals surface area contributed by atoms with Gasteiger partial charge in [-0.2, -0.15) is 0 Å². The smallest absolute Gasteiger partial charge is 0.330 e. The van der Waals surface area contributed by atoms with Crippen LogP contribution >= 0.6 is 0 Å². The Bertz CT molecular complexity index is 231. The fourth-order valence-electron chi connectivity index (χ4n) is 0.900. The maximum Gasteiger partial charge on any atom is 0.330 e. The van der Waals surface area contributed by atoms with Crippen molar-refractivity contribution in [2.24, 2.45) is 10.2 Å². The summed E-state index contributed by atoms with van der Waals surface area (Å²) in [6.07, 6.45) is 0.498. The van der Waals surface area contributed by atoms with Gasteiger partial charge < -0.3 is 4.74 Å². The van der Waals surface area contributed by atoms with E-state index in [1.54, 1.807) is 6.92 Å². The maximum absolute atomic E-state index is 11.4. The summed E-state index contributed by atoms with van der Waals surface area (Å²) >= 11 is 0. The van der Waals surface area contributed by atoms with Gasteiger partial charge in [-0.05, 0) is 13.8 Å². The van der Waals surface area contributed by atoms with Crippen molar-refractivity contribution in [2.75, 3.05) is 6.61 Å². The van der Waals surface area contributed by atoms with Crippen LogP contribution in [0, 0.1) is 0 Å². The van der Waals surface area contributed by atoms with Crippen molar-refractivity contribution >= 4 is 14.0 Å². The molecule has 0 unspecified atom stereocenters. The number of carbonyl (C=O) groups excluding carboxylic acids is 1. The molecular formula is C8H16BN3O2. The van der Waals surface area contributed by atoms with Crippen LogP contribution in [0.25, 0.3) is 0 Å². The summed E-state index contributed by atoms with van der Waals surface area (Å²) in [6.45, 7) is 7.69. The minimum atomic E-state index is -0.490. The summed E-state index contributed by atoms with van der Waals surface area (Å²) in [5, 5.41) is 7.06. The predicted octanol–water partition coefficient (Wildman–Crippen LogP) is 0.389. The van der Waals surface area contributed by atoms with Gasteiger partial charge >= 0.3 is 5.97 Å². The van der Waals surface area contributed by atoms with E-state index in [9.17, 15) is 4.79 Å². The van der Waals surface area contributed by atoms with Crippen molar-refractivity contribution in [1.29, 1.82) is 0 Å². The molecule has 78 valence electrons. The number of rotatable bonds is 6. The van der Waals surface area contributed by atoms with Crippen molar-refractivity contribution in [3.63, 3.8) is 0 Å². The third-order valence-electron chi connectivity index (χ3n) is 1.44. The molecule has 0 amide bonds. The summed E-state index contributed by atoms with van der Waals surface area (Å²) in [6, 6.07) is -0.490. The average molecular weight is 197 g/mol. The Morgan fingerprint density at radius 2 is 2.36 bits per heavy atom. The standard InChI is InChI=1S/C8H16BN3O2/c1-4-14-8(13)7(5-6(2)3)10-12-11-9/h7H,2,4-5,9H2,1,3H3,(H,10,11)/t7-/m1/s1. The zero-order chi connectivity index (χ0) is 11.0. The van der Waals surface area contributed by atoms with E-state index in [1.807, 2.05) is 6.92 Å². The zero-order valence-electron chi connectivity index (χ0n) is 8.91. The Balaban J connectivity index is 4.21. The molecule has 0 spiro atoms. The molecule has 0 aromatic rings. The van der Waals surface area contributed by atoms with Crippen LogP contribution in [0.15, 0.2) is 22.4 Å². The van der Waals surface area contributed by atoms with E-state index in [4.69, 9.17) is 4.74 Å². The van der Waals surface area contributed by atoms with Crippen molar-refractivity contribution < 1.29 is 9.53 Å². The lowest BCUT2D eigenvalue weighted by atomic mass is 10.1. The third kappa shape index (κ3) is 5.34. The van der Waals surface area contributed by atoms with Gasteiger partial charge in [0.1, 0.15) is 6.04 Å². The number of hydrogen-bond acceptors (Lipinski definition) is 4.